The van der Waals surface area contributed by atoms with E-state index in [-0.39, 0.29) is 23.9 Å². The van der Waals surface area contributed by atoms with Gasteiger partial charge >= 0.3 is 0 Å². The Bertz CT molecular complexity index is 1320. The highest BCUT2D eigenvalue weighted by molar-refractivity contribution is 7.89. The molecule has 0 saturated heterocycles. The number of benzene rings is 3. The standard InChI is InChI=1S/C28H35N3O4S/c1-6-25(27(33)29-28(2,3)4)31(19-21-12-8-7-9-13-21)26(32)20-30(5)36(34,35)24-17-16-22-14-10-11-15-23(22)18-24/h7-18,25H,6,19-20H2,1-5H3,(H,29,33)/t25-/m1/s1. The molecule has 0 aromatic heterocycles. The highest BCUT2D eigenvalue weighted by Gasteiger charge is 2.33. The molecular weight excluding hydrogens is 474 g/mol. The first-order valence-corrected chi connectivity index (χ1v) is 13.5. The van der Waals surface area contributed by atoms with Gasteiger partial charge in [0.1, 0.15) is 6.04 Å². The Labute approximate surface area is 214 Å². The van der Waals surface area contributed by atoms with E-state index in [0.717, 1.165) is 20.6 Å². The number of amides is 2. The zero-order chi connectivity index (χ0) is 26.5. The number of carbonyl (C=O) groups excluding carboxylic acids is 2. The van der Waals surface area contributed by atoms with E-state index in [2.05, 4.69) is 5.32 Å². The van der Waals surface area contributed by atoms with Gasteiger partial charge < -0.3 is 10.2 Å². The van der Waals surface area contributed by atoms with Crippen LogP contribution in [0.1, 0.15) is 39.7 Å². The van der Waals surface area contributed by atoms with Gasteiger partial charge in [0.2, 0.25) is 21.8 Å². The van der Waals surface area contributed by atoms with E-state index >= 15 is 0 Å². The molecule has 2 amide bonds. The van der Waals surface area contributed by atoms with Crippen LogP contribution in [0, 0.1) is 0 Å². The Hall–Kier alpha value is -3.23. The van der Waals surface area contributed by atoms with E-state index in [9.17, 15) is 18.0 Å². The first kappa shape index (κ1) is 27.4. The molecule has 3 aromatic rings. The second-order valence-electron chi connectivity index (χ2n) is 9.94. The summed E-state index contributed by atoms with van der Waals surface area (Å²) in [5, 5.41) is 4.68. The number of rotatable bonds is 9. The van der Waals surface area contributed by atoms with Crippen LogP contribution in [0.15, 0.2) is 77.7 Å². The third kappa shape index (κ3) is 6.71. The lowest BCUT2D eigenvalue weighted by Crippen LogP contribution is -2.55. The minimum atomic E-state index is -3.93. The van der Waals surface area contributed by atoms with Crippen LogP contribution in [0.3, 0.4) is 0 Å². The Kier molecular flexibility index (Phi) is 8.53. The minimum Gasteiger partial charge on any atom is -0.350 e. The SMILES string of the molecule is CC[C@H](C(=O)NC(C)(C)C)N(Cc1ccccc1)C(=O)CN(C)S(=O)(=O)c1ccc2ccccc2c1. The summed E-state index contributed by atoms with van der Waals surface area (Å²) >= 11 is 0. The van der Waals surface area contributed by atoms with Crippen molar-refractivity contribution in [3.05, 3.63) is 78.4 Å². The predicted octanol–water partition coefficient (Wildman–Crippen LogP) is 4.18. The minimum absolute atomic E-state index is 0.114. The van der Waals surface area contributed by atoms with Gasteiger partial charge in [0.15, 0.2) is 0 Å². The molecule has 0 fully saturated rings. The summed E-state index contributed by atoms with van der Waals surface area (Å²) in [4.78, 5) is 28.3. The number of sulfonamides is 1. The van der Waals surface area contributed by atoms with E-state index < -0.39 is 27.5 Å². The maximum atomic E-state index is 13.6. The molecule has 7 nitrogen and oxygen atoms in total. The van der Waals surface area contributed by atoms with Gasteiger partial charge in [-0.05, 0) is 55.7 Å². The summed E-state index contributed by atoms with van der Waals surface area (Å²) in [6.07, 6.45) is 0.391. The van der Waals surface area contributed by atoms with Crippen LogP contribution >= 0.6 is 0 Å². The van der Waals surface area contributed by atoms with Crippen LogP contribution in [0.2, 0.25) is 0 Å². The van der Waals surface area contributed by atoms with Crippen molar-refractivity contribution in [2.45, 2.75) is 57.1 Å². The average molecular weight is 510 g/mol. The molecule has 0 aliphatic rings. The van der Waals surface area contributed by atoms with Crippen LogP contribution < -0.4 is 5.32 Å². The van der Waals surface area contributed by atoms with E-state index in [1.165, 1.54) is 11.9 Å². The maximum Gasteiger partial charge on any atom is 0.243 e. The summed E-state index contributed by atoms with van der Waals surface area (Å²) in [5.41, 5.74) is 0.384. The lowest BCUT2D eigenvalue weighted by atomic mass is 10.1. The Morgan fingerprint density at radius 1 is 0.917 bits per heavy atom. The van der Waals surface area contributed by atoms with Crippen LogP contribution in [0.25, 0.3) is 10.8 Å². The second kappa shape index (κ2) is 11.2. The highest BCUT2D eigenvalue weighted by Crippen LogP contribution is 2.22. The van der Waals surface area contributed by atoms with Crippen molar-refractivity contribution in [2.75, 3.05) is 13.6 Å². The molecule has 0 aliphatic carbocycles. The number of fused-ring (bicyclic) bond motifs is 1. The van der Waals surface area contributed by atoms with Gasteiger partial charge in [-0.25, -0.2) is 8.42 Å². The van der Waals surface area contributed by atoms with Crippen molar-refractivity contribution in [1.29, 1.82) is 0 Å². The fraction of sp³-hybridized carbons (Fsp3) is 0.357. The summed E-state index contributed by atoms with van der Waals surface area (Å²) < 4.78 is 27.7. The fourth-order valence-electron chi connectivity index (χ4n) is 4.03. The molecule has 0 aliphatic heterocycles. The highest BCUT2D eigenvalue weighted by atomic mass is 32.2. The molecule has 8 heteroatoms. The molecule has 0 unspecified atom stereocenters. The Morgan fingerprint density at radius 3 is 2.14 bits per heavy atom. The molecule has 0 heterocycles. The zero-order valence-electron chi connectivity index (χ0n) is 21.6. The third-order valence-electron chi connectivity index (χ3n) is 5.87. The molecule has 3 aromatic carbocycles. The first-order chi connectivity index (χ1) is 16.9. The molecule has 0 bridgehead atoms. The van der Waals surface area contributed by atoms with Crippen LogP contribution in [-0.2, 0) is 26.2 Å². The average Bonchev–Trinajstić information content (AvgIpc) is 2.83. The van der Waals surface area contributed by atoms with Gasteiger partial charge in [0.25, 0.3) is 0 Å². The zero-order valence-corrected chi connectivity index (χ0v) is 22.4. The number of likely N-dealkylation sites (N-methyl/N-ethyl adjacent to an activating group) is 1. The van der Waals surface area contributed by atoms with Crippen molar-refractivity contribution in [2.24, 2.45) is 0 Å². The molecule has 0 saturated carbocycles. The largest absolute Gasteiger partial charge is 0.350 e. The van der Waals surface area contributed by atoms with Crippen molar-refractivity contribution in [3.63, 3.8) is 0 Å². The lowest BCUT2D eigenvalue weighted by Gasteiger charge is -2.34. The van der Waals surface area contributed by atoms with Crippen LogP contribution in [-0.4, -0.2) is 54.6 Å². The Morgan fingerprint density at radius 2 is 1.53 bits per heavy atom. The summed E-state index contributed by atoms with van der Waals surface area (Å²) in [6.45, 7) is 7.29. The normalized spacial score (nSPS) is 12.9. The quantitative estimate of drug-likeness (QED) is 0.469. The van der Waals surface area contributed by atoms with Gasteiger partial charge in [-0.15, -0.1) is 0 Å². The topological polar surface area (TPSA) is 86.8 Å². The number of nitrogens with one attached hydrogen (secondary N) is 1. The van der Waals surface area contributed by atoms with Crippen molar-refractivity contribution < 1.29 is 18.0 Å². The molecule has 3 rings (SSSR count). The molecule has 1 N–H and O–H groups in total. The van der Waals surface area contributed by atoms with Crippen molar-refractivity contribution in [3.8, 4) is 0 Å². The monoisotopic (exact) mass is 509 g/mol. The number of nitrogens with zero attached hydrogens (tertiary/aromatic N) is 2. The van der Waals surface area contributed by atoms with E-state index in [1.54, 1.807) is 18.2 Å². The first-order valence-electron chi connectivity index (χ1n) is 12.0. The van der Waals surface area contributed by atoms with Crippen LogP contribution in [0.4, 0.5) is 0 Å². The summed E-state index contributed by atoms with van der Waals surface area (Å²) in [5.74, 6) is -0.712. The van der Waals surface area contributed by atoms with Gasteiger partial charge in [-0.2, -0.15) is 4.31 Å². The van der Waals surface area contributed by atoms with Crippen molar-refractivity contribution in [1.82, 2.24) is 14.5 Å². The fourth-order valence-corrected chi connectivity index (χ4v) is 5.18. The van der Waals surface area contributed by atoms with Gasteiger partial charge in [0.05, 0.1) is 11.4 Å². The van der Waals surface area contributed by atoms with E-state index in [4.69, 9.17) is 0 Å². The molecular formula is C28H35N3O4S. The summed E-state index contributed by atoms with van der Waals surface area (Å²) in [6, 6.07) is 21.0. The van der Waals surface area contributed by atoms with Crippen molar-refractivity contribution >= 4 is 32.6 Å². The Balaban J connectivity index is 1.88. The summed E-state index contributed by atoms with van der Waals surface area (Å²) in [7, 11) is -2.54. The second-order valence-corrected chi connectivity index (χ2v) is 12.0. The molecule has 1 atom stereocenters. The molecule has 192 valence electrons. The molecule has 36 heavy (non-hydrogen) atoms. The third-order valence-corrected chi connectivity index (χ3v) is 7.67. The van der Waals surface area contributed by atoms with Gasteiger partial charge in [-0.3, -0.25) is 9.59 Å². The van der Waals surface area contributed by atoms with E-state index in [0.29, 0.717) is 6.42 Å². The van der Waals surface area contributed by atoms with Gasteiger partial charge in [0, 0.05) is 19.1 Å². The number of carbonyl (C=O) groups is 2. The number of hydrogen-bond acceptors (Lipinski definition) is 4. The number of hydrogen-bond donors (Lipinski definition) is 1. The van der Waals surface area contributed by atoms with E-state index in [1.807, 2.05) is 82.3 Å². The molecule has 0 spiro atoms. The predicted molar refractivity (Wildman–Crippen MR) is 143 cm³/mol. The van der Waals surface area contributed by atoms with Crippen LogP contribution in [0.5, 0.6) is 0 Å². The lowest BCUT2D eigenvalue weighted by molar-refractivity contribution is -0.142. The molecule has 0 radical (unpaired) electrons. The smallest absolute Gasteiger partial charge is 0.243 e. The van der Waals surface area contributed by atoms with Gasteiger partial charge in [-0.1, -0.05) is 67.6 Å². The maximum absolute atomic E-state index is 13.6.